The zero-order valence-electron chi connectivity index (χ0n) is 11.7. The third kappa shape index (κ3) is 3.49. The summed E-state index contributed by atoms with van der Waals surface area (Å²) in [6.07, 6.45) is 0. The van der Waals surface area contributed by atoms with Gasteiger partial charge in [-0.2, -0.15) is 0 Å². The van der Waals surface area contributed by atoms with Crippen molar-refractivity contribution in [2.45, 2.75) is 6.04 Å². The lowest BCUT2D eigenvalue weighted by atomic mass is 9.99. The number of methoxy groups -OCH3 is 2. The first-order chi connectivity index (χ1) is 10.1. The Morgan fingerprint density at radius 1 is 1.10 bits per heavy atom. The van der Waals surface area contributed by atoms with E-state index in [1.165, 1.54) is 0 Å². The maximum atomic E-state index is 6.08. The van der Waals surface area contributed by atoms with Crippen molar-refractivity contribution in [1.82, 2.24) is 5.43 Å². The lowest BCUT2D eigenvalue weighted by Gasteiger charge is -2.20. The highest BCUT2D eigenvalue weighted by atomic mass is 79.9. The van der Waals surface area contributed by atoms with Gasteiger partial charge in [0.15, 0.2) is 11.5 Å². The highest BCUT2D eigenvalue weighted by Crippen LogP contribution is 2.35. The molecule has 3 N–H and O–H groups in total. The van der Waals surface area contributed by atoms with E-state index in [2.05, 4.69) is 21.4 Å². The Morgan fingerprint density at radius 2 is 1.81 bits per heavy atom. The summed E-state index contributed by atoms with van der Waals surface area (Å²) in [4.78, 5) is 0. The number of nitrogens with one attached hydrogen (secondary N) is 1. The molecule has 21 heavy (non-hydrogen) atoms. The molecule has 1 atom stereocenters. The molecule has 2 aromatic carbocycles. The predicted octanol–water partition coefficient (Wildman–Crippen LogP) is 3.67. The minimum absolute atomic E-state index is 0.224. The number of hydrogen-bond donors (Lipinski definition) is 2. The molecular weight excluding hydrogens is 356 g/mol. The summed E-state index contributed by atoms with van der Waals surface area (Å²) in [7, 11) is 3.20. The molecule has 112 valence electrons. The number of ether oxygens (including phenoxy) is 2. The molecule has 0 amide bonds. The standard InChI is InChI=1S/C15H16BrClN2O2/c1-20-13-6-3-9(7-14(13)21-2)15(19-18)11-8-10(17)4-5-12(11)16/h3-8,15,19H,18H2,1-2H3. The zero-order valence-corrected chi connectivity index (χ0v) is 14.0. The van der Waals surface area contributed by atoms with Crippen LogP contribution in [0.1, 0.15) is 17.2 Å². The molecule has 1 unspecified atom stereocenters. The van der Waals surface area contributed by atoms with Crippen LogP contribution in [0.2, 0.25) is 5.02 Å². The van der Waals surface area contributed by atoms with E-state index >= 15 is 0 Å². The van der Waals surface area contributed by atoms with E-state index in [0.717, 1.165) is 15.6 Å². The Labute approximate surface area is 137 Å². The fourth-order valence-electron chi connectivity index (χ4n) is 2.13. The molecule has 0 heterocycles. The number of rotatable bonds is 5. The van der Waals surface area contributed by atoms with Crippen LogP contribution in [0, 0.1) is 0 Å². The van der Waals surface area contributed by atoms with Gasteiger partial charge in [-0.25, -0.2) is 5.43 Å². The van der Waals surface area contributed by atoms with Gasteiger partial charge in [0.2, 0.25) is 0 Å². The summed E-state index contributed by atoms with van der Waals surface area (Å²) < 4.78 is 11.5. The predicted molar refractivity (Wildman–Crippen MR) is 87.9 cm³/mol. The molecular formula is C15H16BrClN2O2. The second-order valence-corrected chi connectivity index (χ2v) is 5.67. The molecule has 0 aliphatic rings. The average Bonchev–Trinajstić information content (AvgIpc) is 2.51. The average molecular weight is 372 g/mol. The van der Waals surface area contributed by atoms with E-state index in [1.54, 1.807) is 14.2 Å². The second-order valence-electron chi connectivity index (χ2n) is 4.38. The van der Waals surface area contributed by atoms with Crippen molar-refractivity contribution in [3.8, 4) is 11.5 Å². The van der Waals surface area contributed by atoms with E-state index in [9.17, 15) is 0 Å². The number of hydrazine groups is 1. The van der Waals surface area contributed by atoms with Crippen LogP contribution in [0.25, 0.3) is 0 Å². The fraction of sp³-hybridized carbons (Fsp3) is 0.200. The molecule has 0 saturated heterocycles. The van der Waals surface area contributed by atoms with E-state index in [0.29, 0.717) is 16.5 Å². The number of halogens is 2. The van der Waals surface area contributed by atoms with E-state index in [4.69, 9.17) is 26.9 Å². The Kier molecular flexibility index (Phi) is 5.47. The van der Waals surface area contributed by atoms with E-state index in [-0.39, 0.29) is 6.04 Å². The largest absolute Gasteiger partial charge is 0.493 e. The monoisotopic (exact) mass is 370 g/mol. The molecule has 6 heteroatoms. The summed E-state index contributed by atoms with van der Waals surface area (Å²) in [6, 6.07) is 11.0. The first-order valence-electron chi connectivity index (χ1n) is 6.23. The second kappa shape index (κ2) is 7.13. The van der Waals surface area contributed by atoms with Gasteiger partial charge in [0.05, 0.1) is 20.3 Å². The lowest BCUT2D eigenvalue weighted by Crippen LogP contribution is -2.29. The summed E-state index contributed by atoms with van der Waals surface area (Å²) in [5.41, 5.74) is 4.69. The van der Waals surface area contributed by atoms with Crippen molar-refractivity contribution in [2.24, 2.45) is 5.84 Å². The van der Waals surface area contributed by atoms with E-state index in [1.807, 2.05) is 36.4 Å². The van der Waals surface area contributed by atoms with Crippen LogP contribution < -0.4 is 20.7 Å². The molecule has 0 aliphatic heterocycles. The molecule has 0 radical (unpaired) electrons. The van der Waals surface area contributed by atoms with Crippen LogP contribution in [0.4, 0.5) is 0 Å². The first kappa shape index (κ1) is 16.1. The summed E-state index contributed by atoms with van der Waals surface area (Å²) in [5, 5.41) is 0.647. The minimum atomic E-state index is -0.224. The highest BCUT2D eigenvalue weighted by molar-refractivity contribution is 9.10. The van der Waals surface area contributed by atoms with Crippen molar-refractivity contribution in [3.05, 3.63) is 57.0 Å². The third-order valence-electron chi connectivity index (χ3n) is 3.18. The molecule has 2 rings (SSSR count). The Hall–Kier alpha value is -1.27. The Bertz CT molecular complexity index is 637. The lowest BCUT2D eigenvalue weighted by molar-refractivity contribution is 0.354. The van der Waals surface area contributed by atoms with Crippen LogP contribution in [-0.4, -0.2) is 14.2 Å². The molecule has 0 spiro atoms. The van der Waals surface area contributed by atoms with Gasteiger partial charge in [-0.1, -0.05) is 33.6 Å². The maximum absolute atomic E-state index is 6.08. The third-order valence-corrected chi connectivity index (χ3v) is 4.13. The van der Waals surface area contributed by atoms with Crippen molar-refractivity contribution in [2.75, 3.05) is 14.2 Å². The molecule has 0 bridgehead atoms. The van der Waals surface area contributed by atoms with Gasteiger partial charge in [0.1, 0.15) is 0 Å². The van der Waals surface area contributed by atoms with E-state index < -0.39 is 0 Å². The maximum Gasteiger partial charge on any atom is 0.161 e. The highest BCUT2D eigenvalue weighted by Gasteiger charge is 2.18. The summed E-state index contributed by atoms with van der Waals surface area (Å²) in [5.74, 6) is 7.05. The number of hydrogen-bond acceptors (Lipinski definition) is 4. The van der Waals surface area contributed by atoms with Crippen LogP contribution in [0.5, 0.6) is 11.5 Å². The molecule has 0 fully saturated rings. The number of nitrogens with two attached hydrogens (primary N) is 1. The van der Waals surface area contributed by atoms with Gasteiger partial charge in [0, 0.05) is 9.50 Å². The van der Waals surface area contributed by atoms with Gasteiger partial charge in [-0.05, 0) is 41.5 Å². The molecule has 0 aromatic heterocycles. The van der Waals surface area contributed by atoms with Crippen molar-refractivity contribution >= 4 is 27.5 Å². The first-order valence-corrected chi connectivity index (χ1v) is 7.40. The topological polar surface area (TPSA) is 56.5 Å². The van der Waals surface area contributed by atoms with Crippen molar-refractivity contribution in [3.63, 3.8) is 0 Å². The van der Waals surface area contributed by atoms with Crippen LogP contribution in [0.3, 0.4) is 0 Å². The minimum Gasteiger partial charge on any atom is -0.493 e. The Morgan fingerprint density at radius 3 is 2.43 bits per heavy atom. The Balaban J connectivity index is 2.48. The van der Waals surface area contributed by atoms with Crippen LogP contribution in [0.15, 0.2) is 40.9 Å². The fourth-order valence-corrected chi connectivity index (χ4v) is 2.79. The quantitative estimate of drug-likeness (QED) is 0.622. The van der Waals surface area contributed by atoms with Gasteiger partial charge in [0.25, 0.3) is 0 Å². The van der Waals surface area contributed by atoms with Crippen LogP contribution >= 0.6 is 27.5 Å². The molecule has 2 aromatic rings. The van der Waals surface area contributed by atoms with Crippen LogP contribution in [-0.2, 0) is 0 Å². The van der Waals surface area contributed by atoms with Gasteiger partial charge in [-0.3, -0.25) is 5.84 Å². The zero-order chi connectivity index (χ0) is 15.4. The molecule has 0 aliphatic carbocycles. The van der Waals surface area contributed by atoms with Gasteiger partial charge >= 0.3 is 0 Å². The summed E-state index contributed by atoms with van der Waals surface area (Å²) >= 11 is 9.60. The number of benzene rings is 2. The summed E-state index contributed by atoms with van der Waals surface area (Å²) in [6.45, 7) is 0. The smallest absolute Gasteiger partial charge is 0.161 e. The molecule has 4 nitrogen and oxygen atoms in total. The van der Waals surface area contributed by atoms with Crippen molar-refractivity contribution < 1.29 is 9.47 Å². The van der Waals surface area contributed by atoms with Crippen molar-refractivity contribution in [1.29, 1.82) is 0 Å². The SMILES string of the molecule is COc1ccc(C(NN)c2cc(Cl)ccc2Br)cc1OC. The normalized spacial score (nSPS) is 12.0. The van der Waals surface area contributed by atoms with Gasteiger partial charge < -0.3 is 9.47 Å². The molecule has 0 saturated carbocycles. The van der Waals surface area contributed by atoms with Gasteiger partial charge in [-0.15, -0.1) is 0 Å².